The van der Waals surface area contributed by atoms with Gasteiger partial charge in [0.2, 0.25) is 11.1 Å². The van der Waals surface area contributed by atoms with E-state index in [2.05, 4.69) is 20.5 Å². The topological polar surface area (TPSA) is 104 Å². The zero-order valence-electron chi connectivity index (χ0n) is 15.5. The summed E-state index contributed by atoms with van der Waals surface area (Å²) >= 11 is 1.22. The Hall–Kier alpha value is -3.31. The van der Waals surface area contributed by atoms with Gasteiger partial charge in [-0.25, -0.2) is 4.98 Å². The molecule has 1 amide bonds. The quantitative estimate of drug-likeness (QED) is 0.595. The number of thioether (sulfide) groups is 1. The van der Waals surface area contributed by atoms with Gasteiger partial charge >= 0.3 is 0 Å². The molecule has 0 spiro atoms. The van der Waals surface area contributed by atoms with Crippen molar-refractivity contribution >= 4 is 23.4 Å². The zero-order valence-corrected chi connectivity index (χ0v) is 16.3. The number of amides is 1. The van der Waals surface area contributed by atoms with Gasteiger partial charge < -0.3 is 10.1 Å². The van der Waals surface area contributed by atoms with Gasteiger partial charge in [0.05, 0.1) is 17.4 Å². The van der Waals surface area contributed by atoms with Crippen LogP contribution in [0, 0.1) is 25.2 Å². The first-order valence-electron chi connectivity index (χ1n) is 8.57. The lowest BCUT2D eigenvalue weighted by atomic mass is 10.1. The maximum atomic E-state index is 12.1. The van der Waals surface area contributed by atoms with Gasteiger partial charge in [0.25, 0.3) is 0 Å². The Kier molecular flexibility index (Phi) is 6.29. The van der Waals surface area contributed by atoms with E-state index in [-0.39, 0.29) is 18.3 Å². The van der Waals surface area contributed by atoms with Gasteiger partial charge in [-0.15, -0.1) is 5.10 Å². The van der Waals surface area contributed by atoms with Crippen LogP contribution in [-0.2, 0) is 11.4 Å². The van der Waals surface area contributed by atoms with Crippen molar-refractivity contribution in [1.29, 1.82) is 5.26 Å². The fraction of sp³-hybridized carbons (Fsp3) is 0.200. The number of nitrogens with one attached hydrogen (secondary N) is 2. The van der Waals surface area contributed by atoms with Crippen molar-refractivity contribution in [3.8, 4) is 11.8 Å². The second kappa shape index (κ2) is 9.06. The van der Waals surface area contributed by atoms with Crippen LogP contribution in [-0.4, -0.2) is 26.8 Å². The van der Waals surface area contributed by atoms with E-state index in [1.54, 1.807) is 24.3 Å². The predicted octanol–water partition coefficient (Wildman–Crippen LogP) is 3.60. The standard InChI is InChI=1S/C20H19N5O2S/c1-13-6-7-14(2)17(8-13)27-11-18-23-20(25-24-18)28-12-19(26)22-16-5-3-4-15(9-16)10-21/h3-9H,11-12H2,1-2H3,(H,22,26)(H,23,24,25). The van der Waals surface area contributed by atoms with Gasteiger partial charge in [-0.05, 0) is 49.2 Å². The van der Waals surface area contributed by atoms with Crippen LogP contribution < -0.4 is 10.1 Å². The summed E-state index contributed by atoms with van der Waals surface area (Å²) in [5.41, 5.74) is 3.26. The Morgan fingerprint density at radius 2 is 2.14 bits per heavy atom. The highest BCUT2D eigenvalue weighted by molar-refractivity contribution is 7.99. The third-order valence-corrected chi connectivity index (χ3v) is 4.67. The molecule has 0 atom stereocenters. The Labute approximate surface area is 167 Å². The van der Waals surface area contributed by atoms with E-state index < -0.39 is 0 Å². The summed E-state index contributed by atoms with van der Waals surface area (Å²) in [4.78, 5) is 16.4. The zero-order chi connectivity index (χ0) is 19.9. The summed E-state index contributed by atoms with van der Waals surface area (Å²) in [5.74, 6) is 1.36. The van der Waals surface area contributed by atoms with Gasteiger partial charge in [0, 0.05) is 5.69 Å². The van der Waals surface area contributed by atoms with Gasteiger partial charge in [0.1, 0.15) is 12.4 Å². The summed E-state index contributed by atoms with van der Waals surface area (Å²) in [6.07, 6.45) is 0. The van der Waals surface area contributed by atoms with E-state index in [1.807, 2.05) is 38.1 Å². The molecule has 8 heteroatoms. The first-order chi connectivity index (χ1) is 13.5. The van der Waals surface area contributed by atoms with Crippen LogP contribution in [0.4, 0.5) is 5.69 Å². The van der Waals surface area contributed by atoms with Crippen molar-refractivity contribution < 1.29 is 9.53 Å². The minimum Gasteiger partial charge on any atom is -0.485 e. The highest BCUT2D eigenvalue weighted by atomic mass is 32.2. The summed E-state index contributed by atoms with van der Waals surface area (Å²) in [7, 11) is 0. The molecule has 0 aliphatic heterocycles. The molecule has 2 aromatic carbocycles. The molecule has 0 unspecified atom stereocenters. The summed E-state index contributed by atoms with van der Waals surface area (Å²) in [6, 6.07) is 14.8. The van der Waals surface area contributed by atoms with Crippen molar-refractivity contribution in [3.63, 3.8) is 0 Å². The summed E-state index contributed by atoms with van der Waals surface area (Å²) in [5, 5.41) is 19.0. The van der Waals surface area contributed by atoms with Crippen LogP contribution in [0.25, 0.3) is 0 Å². The molecule has 0 aliphatic carbocycles. The summed E-state index contributed by atoms with van der Waals surface area (Å²) < 4.78 is 5.79. The van der Waals surface area contributed by atoms with Crippen molar-refractivity contribution in [2.24, 2.45) is 0 Å². The smallest absolute Gasteiger partial charge is 0.234 e. The maximum Gasteiger partial charge on any atom is 0.234 e. The van der Waals surface area contributed by atoms with E-state index in [0.29, 0.717) is 22.2 Å². The number of carbonyl (C=O) groups is 1. The van der Waals surface area contributed by atoms with Crippen molar-refractivity contribution in [3.05, 3.63) is 65.0 Å². The SMILES string of the molecule is Cc1ccc(C)c(OCc2nc(SCC(=O)Nc3cccc(C#N)c3)n[nH]2)c1. The Balaban J connectivity index is 1.49. The second-order valence-corrected chi connectivity index (χ2v) is 7.09. The van der Waals surface area contributed by atoms with Gasteiger partial charge in [-0.1, -0.05) is 30.0 Å². The van der Waals surface area contributed by atoms with Crippen LogP contribution in [0.3, 0.4) is 0 Å². The lowest BCUT2D eigenvalue weighted by Gasteiger charge is -2.08. The van der Waals surface area contributed by atoms with Crippen LogP contribution in [0.5, 0.6) is 5.75 Å². The molecule has 0 bridgehead atoms. The first kappa shape index (κ1) is 19.5. The van der Waals surface area contributed by atoms with Crippen LogP contribution in [0.1, 0.15) is 22.5 Å². The molecule has 3 aromatic rings. The number of carbonyl (C=O) groups excluding carboxylic acids is 1. The van der Waals surface area contributed by atoms with E-state index in [4.69, 9.17) is 10.00 Å². The lowest BCUT2D eigenvalue weighted by Crippen LogP contribution is -2.14. The number of aryl methyl sites for hydroxylation is 2. The molecule has 0 saturated carbocycles. The third kappa shape index (κ3) is 5.34. The molecular weight excluding hydrogens is 374 g/mol. The van der Waals surface area contributed by atoms with Crippen molar-refractivity contribution in [2.45, 2.75) is 25.6 Å². The van der Waals surface area contributed by atoms with E-state index >= 15 is 0 Å². The normalized spacial score (nSPS) is 10.3. The van der Waals surface area contributed by atoms with E-state index in [1.165, 1.54) is 11.8 Å². The maximum absolute atomic E-state index is 12.1. The molecule has 0 radical (unpaired) electrons. The number of nitrogens with zero attached hydrogens (tertiary/aromatic N) is 3. The second-order valence-electron chi connectivity index (χ2n) is 6.15. The molecule has 2 N–H and O–H groups in total. The Morgan fingerprint density at radius 3 is 2.96 bits per heavy atom. The largest absolute Gasteiger partial charge is 0.485 e. The third-order valence-electron chi connectivity index (χ3n) is 3.83. The highest BCUT2D eigenvalue weighted by Crippen LogP contribution is 2.20. The average molecular weight is 393 g/mol. The number of ether oxygens (including phenoxy) is 1. The Bertz CT molecular complexity index is 1030. The lowest BCUT2D eigenvalue weighted by molar-refractivity contribution is -0.113. The molecule has 1 heterocycles. The number of hydrogen-bond donors (Lipinski definition) is 2. The average Bonchev–Trinajstić information content (AvgIpc) is 3.15. The first-order valence-corrected chi connectivity index (χ1v) is 9.56. The monoisotopic (exact) mass is 393 g/mol. The fourth-order valence-electron chi connectivity index (χ4n) is 2.41. The van der Waals surface area contributed by atoms with Crippen molar-refractivity contribution in [2.75, 3.05) is 11.1 Å². The number of benzene rings is 2. The number of H-pyrrole nitrogens is 1. The van der Waals surface area contributed by atoms with Gasteiger partial charge in [-0.2, -0.15) is 5.26 Å². The molecule has 7 nitrogen and oxygen atoms in total. The highest BCUT2D eigenvalue weighted by Gasteiger charge is 2.09. The van der Waals surface area contributed by atoms with E-state index in [9.17, 15) is 4.79 Å². The minimum atomic E-state index is -0.196. The van der Waals surface area contributed by atoms with Gasteiger partial charge in [-0.3, -0.25) is 9.89 Å². The molecular formula is C20H19N5O2S. The van der Waals surface area contributed by atoms with Crippen molar-refractivity contribution in [1.82, 2.24) is 15.2 Å². The summed E-state index contributed by atoms with van der Waals surface area (Å²) in [6.45, 7) is 4.27. The molecule has 1 aromatic heterocycles. The molecule has 28 heavy (non-hydrogen) atoms. The predicted molar refractivity (Wildman–Crippen MR) is 107 cm³/mol. The number of aromatic nitrogens is 3. The molecule has 0 aliphatic rings. The number of anilines is 1. The van der Waals surface area contributed by atoms with Crippen LogP contribution in [0.2, 0.25) is 0 Å². The molecule has 0 fully saturated rings. The van der Waals surface area contributed by atoms with Gasteiger partial charge in [0.15, 0.2) is 5.82 Å². The van der Waals surface area contributed by atoms with E-state index in [0.717, 1.165) is 16.9 Å². The number of nitriles is 1. The number of aromatic amines is 1. The molecule has 142 valence electrons. The van der Waals surface area contributed by atoms with Crippen LogP contribution >= 0.6 is 11.8 Å². The van der Waals surface area contributed by atoms with Crippen LogP contribution in [0.15, 0.2) is 47.6 Å². The fourth-order valence-corrected chi connectivity index (χ4v) is 3.03. The molecule has 0 saturated heterocycles. The minimum absolute atomic E-state index is 0.159. The molecule has 3 rings (SSSR count). The Morgan fingerprint density at radius 1 is 1.29 bits per heavy atom. The number of rotatable bonds is 7. The number of hydrogen-bond acceptors (Lipinski definition) is 6.